The first kappa shape index (κ1) is 26.4. The molecule has 34 heavy (non-hydrogen) atoms. The van der Waals surface area contributed by atoms with Crippen molar-refractivity contribution in [2.45, 2.75) is 19.8 Å². The Morgan fingerprint density at radius 2 is 1.91 bits per heavy atom. The largest absolute Gasteiger partial charge is 0.507 e. The standard InChI is InChI=1S/C23H28N6O4S/c1-15-5-3-6-17(21(15)32)13-19(34-14-30)23(33)29(2)12-4-7-20(31)26-18-10-8-16(9-11-18)22(27-24)28-25/h3,5-6,8-11,13-14,32H,4,7,12,24-25H2,1-2H3,(H,26,31)(H,27,28)/b19-13-. The number of thioether (sulfide) groups is 1. The predicted octanol–water partition coefficient (Wildman–Crippen LogP) is 1.93. The van der Waals surface area contributed by atoms with E-state index in [9.17, 15) is 19.5 Å². The first-order valence-corrected chi connectivity index (χ1v) is 11.2. The van der Waals surface area contributed by atoms with E-state index in [1.54, 1.807) is 56.4 Å². The van der Waals surface area contributed by atoms with Gasteiger partial charge in [0.25, 0.3) is 5.91 Å². The summed E-state index contributed by atoms with van der Waals surface area (Å²) in [6.45, 7) is 2.05. The van der Waals surface area contributed by atoms with Gasteiger partial charge < -0.3 is 26.6 Å². The van der Waals surface area contributed by atoms with E-state index in [1.165, 1.54) is 11.0 Å². The maximum atomic E-state index is 12.8. The molecule has 2 aromatic carbocycles. The number of hydrogen-bond donors (Lipinski definition) is 5. The molecule has 7 N–H and O–H groups in total. The normalized spacial score (nSPS) is 11.6. The van der Waals surface area contributed by atoms with Crippen LogP contribution in [0.5, 0.6) is 5.75 Å². The van der Waals surface area contributed by atoms with Crippen molar-refractivity contribution in [1.82, 2.24) is 10.3 Å². The second kappa shape index (κ2) is 13.0. The monoisotopic (exact) mass is 484 g/mol. The fourth-order valence-corrected chi connectivity index (χ4v) is 3.59. The number of likely N-dealkylation sites (N-methyl/N-ethyl adjacent to an activating group) is 1. The number of nitrogens with zero attached hydrogens (tertiary/aromatic N) is 2. The molecule has 0 spiro atoms. The lowest BCUT2D eigenvalue weighted by Gasteiger charge is -2.18. The zero-order chi connectivity index (χ0) is 25.1. The number of benzene rings is 2. The molecule has 0 unspecified atom stereocenters. The van der Waals surface area contributed by atoms with Crippen LogP contribution in [0.15, 0.2) is 52.5 Å². The smallest absolute Gasteiger partial charge is 0.260 e. The number of nitrogens with one attached hydrogen (secondary N) is 2. The molecule has 0 saturated heterocycles. The maximum absolute atomic E-state index is 12.8. The lowest BCUT2D eigenvalue weighted by molar-refractivity contribution is -0.125. The van der Waals surface area contributed by atoms with E-state index in [0.717, 1.165) is 11.8 Å². The van der Waals surface area contributed by atoms with Crippen molar-refractivity contribution in [3.8, 4) is 5.75 Å². The summed E-state index contributed by atoms with van der Waals surface area (Å²) in [5, 5.41) is 16.5. The third-order valence-electron chi connectivity index (χ3n) is 4.89. The Hall–Kier alpha value is -3.83. The zero-order valence-electron chi connectivity index (χ0n) is 18.9. The highest BCUT2D eigenvalue weighted by Crippen LogP contribution is 2.27. The minimum atomic E-state index is -0.375. The predicted molar refractivity (Wildman–Crippen MR) is 135 cm³/mol. The van der Waals surface area contributed by atoms with E-state index in [4.69, 9.17) is 11.7 Å². The quantitative estimate of drug-likeness (QED) is 0.0853. The van der Waals surface area contributed by atoms with Gasteiger partial charge in [-0.15, -0.1) is 0 Å². The van der Waals surface area contributed by atoms with Gasteiger partial charge in [0.05, 0.1) is 4.91 Å². The fraction of sp³-hybridized carbons (Fsp3) is 0.217. The molecular formula is C23H28N6O4S. The highest BCUT2D eigenvalue weighted by Gasteiger charge is 2.17. The van der Waals surface area contributed by atoms with Gasteiger partial charge in [0.2, 0.25) is 5.91 Å². The van der Waals surface area contributed by atoms with Crippen LogP contribution in [0.25, 0.3) is 6.08 Å². The van der Waals surface area contributed by atoms with Gasteiger partial charge >= 0.3 is 0 Å². The van der Waals surface area contributed by atoms with Crippen LogP contribution in [0.1, 0.15) is 29.5 Å². The molecule has 180 valence electrons. The molecule has 0 aliphatic carbocycles. The number of hydrogen-bond acceptors (Lipinski definition) is 8. The van der Waals surface area contributed by atoms with Crippen molar-refractivity contribution in [3.05, 3.63) is 64.1 Å². The summed E-state index contributed by atoms with van der Waals surface area (Å²) in [6.07, 6.45) is 2.09. The van der Waals surface area contributed by atoms with Crippen LogP contribution in [0.3, 0.4) is 0 Å². The molecule has 0 fully saturated rings. The van der Waals surface area contributed by atoms with Crippen LogP contribution in [-0.4, -0.2) is 46.9 Å². The van der Waals surface area contributed by atoms with Crippen LogP contribution in [0.4, 0.5) is 5.69 Å². The number of hydrazine groups is 1. The Morgan fingerprint density at radius 1 is 1.21 bits per heavy atom. The first-order chi connectivity index (χ1) is 16.3. The number of carbonyl (C=O) groups is 3. The van der Waals surface area contributed by atoms with E-state index in [2.05, 4.69) is 15.8 Å². The zero-order valence-corrected chi connectivity index (χ0v) is 19.8. The summed E-state index contributed by atoms with van der Waals surface area (Å²) in [5.74, 6) is 10.3. The Morgan fingerprint density at radius 3 is 2.53 bits per heavy atom. The van der Waals surface area contributed by atoms with Gasteiger partial charge in [-0.25, -0.2) is 5.84 Å². The number of para-hydroxylation sites is 1. The molecular weight excluding hydrogens is 456 g/mol. The molecule has 2 aromatic rings. The minimum absolute atomic E-state index is 0.0532. The Balaban J connectivity index is 1.92. The average molecular weight is 485 g/mol. The third-order valence-corrected chi connectivity index (χ3v) is 5.54. The lowest BCUT2D eigenvalue weighted by Crippen LogP contribution is -2.32. The molecule has 0 aliphatic rings. The second-order valence-electron chi connectivity index (χ2n) is 7.31. The number of aryl methyl sites for hydroxylation is 1. The molecule has 0 heterocycles. The number of hydrazone groups is 1. The van der Waals surface area contributed by atoms with Crippen molar-refractivity contribution in [3.63, 3.8) is 0 Å². The molecule has 2 amide bonds. The second-order valence-corrected chi connectivity index (χ2v) is 8.18. The van der Waals surface area contributed by atoms with Crippen molar-refractivity contribution >= 4 is 46.8 Å². The van der Waals surface area contributed by atoms with Gasteiger partial charge in [-0.3, -0.25) is 14.4 Å². The minimum Gasteiger partial charge on any atom is -0.507 e. The number of amides is 2. The maximum Gasteiger partial charge on any atom is 0.260 e. The lowest BCUT2D eigenvalue weighted by atomic mass is 10.1. The fourth-order valence-electron chi connectivity index (χ4n) is 3.03. The van der Waals surface area contributed by atoms with Gasteiger partial charge in [0.1, 0.15) is 5.75 Å². The molecule has 0 radical (unpaired) electrons. The number of phenolic OH excluding ortho intramolecular Hbond substituents is 1. The van der Waals surface area contributed by atoms with E-state index in [0.29, 0.717) is 46.8 Å². The molecule has 0 aromatic heterocycles. The van der Waals surface area contributed by atoms with Crippen LogP contribution in [0.2, 0.25) is 0 Å². The SMILES string of the molecule is Cc1cccc(/C=C(\SC=O)C(=O)N(C)CCCC(=O)Nc2ccc(/C(=N/N)NN)cc2)c1O. The highest BCUT2D eigenvalue weighted by atomic mass is 32.2. The number of aromatic hydroxyl groups is 1. The van der Waals surface area contributed by atoms with E-state index >= 15 is 0 Å². The Labute approximate surface area is 202 Å². The average Bonchev–Trinajstić information content (AvgIpc) is 2.83. The number of amidine groups is 1. The van der Waals surface area contributed by atoms with Gasteiger partial charge in [0.15, 0.2) is 11.5 Å². The number of rotatable bonds is 10. The molecule has 0 bridgehead atoms. The first-order valence-electron chi connectivity index (χ1n) is 10.3. The summed E-state index contributed by atoms with van der Waals surface area (Å²) in [5.41, 5.74) is 5.31. The summed E-state index contributed by atoms with van der Waals surface area (Å²) in [7, 11) is 1.59. The Kier molecular flexibility index (Phi) is 10.1. The molecule has 10 nitrogen and oxygen atoms in total. The van der Waals surface area contributed by atoms with E-state index in [1.807, 2.05) is 0 Å². The summed E-state index contributed by atoms with van der Waals surface area (Å²) >= 11 is 0.740. The van der Waals surface area contributed by atoms with Crippen LogP contribution >= 0.6 is 11.8 Å². The topological polar surface area (TPSA) is 163 Å². The number of nitrogens with two attached hydrogens (primary N) is 2. The van der Waals surface area contributed by atoms with Gasteiger partial charge in [-0.2, -0.15) is 5.10 Å². The van der Waals surface area contributed by atoms with E-state index in [-0.39, 0.29) is 28.9 Å². The van der Waals surface area contributed by atoms with Crippen molar-refractivity contribution in [2.24, 2.45) is 16.8 Å². The van der Waals surface area contributed by atoms with Crippen molar-refractivity contribution in [1.29, 1.82) is 0 Å². The van der Waals surface area contributed by atoms with Crippen LogP contribution in [0, 0.1) is 6.92 Å². The number of anilines is 1. The summed E-state index contributed by atoms with van der Waals surface area (Å²) < 4.78 is 0. The summed E-state index contributed by atoms with van der Waals surface area (Å²) in [4.78, 5) is 37.7. The molecule has 11 heteroatoms. The third kappa shape index (κ3) is 7.36. The summed E-state index contributed by atoms with van der Waals surface area (Å²) in [6, 6.07) is 12.0. The van der Waals surface area contributed by atoms with Crippen molar-refractivity contribution in [2.75, 3.05) is 18.9 Å². The van der Waals surface area contributed by atoms with Gasteiger partial charge in [0, 0.05) is 36.8 Å². The molecule has 0 aliphatic heterocycles. The molecule has 0 saturated carbocycles. The number of phenols is 1. The van der Waals surface area contributed by atoms with Crippen molar-refractivity contribution < 1.29 is 19.5 Å². The Bertz CT molecular complexity index is 1090. The van der Waals surface area contributed by atoms with Crippen LogP contribution < -0.4 is 22.4 Å². The molecule has 0 atom stereocenters. The number of carbonyl (C=O) groups excluding carboxylic acids is 3. The van der Waals surface area contributed by atoms with Crippen LogP contribution in [-0.2, 0) is 14.4 Å². The van der Waals surface area contributed by atoms with Gasteiger partial charge in [-0.1, -0.05) is 18.2 Å². The van der Waals surface area contributed by atoms with Gasteiger partial charge in [-0.05, 0) is 61.0 Å². The highest BCUT2D eigenvalue weighted by molar-refractivity contribution is 8.16. The van der Waals surface area contributed by atoms with E-state index < -0.39 is 0 Å². The molecule has 2 rings (SSSR count).